The molecule has 0 spiro atoms. The molecule has 0 aliphatic rings. The molecule has 0 saturated heterocycles. The molecule has 0 aromatic rings. The summed E-state index contributed by atoms with van der Waals surface area (Å²) in [5, 5.41) is 0. The van der Waals surface area contributed by atoms with E-state index in [1.807, 2.05) is 0 Å². The van der Waals surface area contributed by atoms with Crippen LogP contribution in [0.3, 0.4) is 0 Å². The van der Waals surface area contributed by atoms with Crippen molar-refractivity contribution in [3.8, 4) is 0 Å². The van der Waals surface area contributed by atoms with Crippen LogP contribution in [-0.4, -0.2) is 57.3 Å². The van der Waals surface area contributed by atoms with E-state index in [2.05, 4.69) is 18.9 Å². The summed E-state index contributed by atoms with van der Waals surface area (Å²) in [7, 11) is 0. The Kier molecular flexibility index (Phi) is 9.81. The lowest BCUT2D eigenvalue weighted by atomic mass is 10.6. The largest absolute Gasteiger partial charge is 0.423 e. The number of ether oxygens (including phenoxy) is 4. The van der Waals surface area contributed by atoms with Crippen molar-refractivity contribution in [2.75, 3.05) is 0 Å². The molecule has 0 bridgehead atoms. The molecular formula is C9H8F12O4. The van der Waals surface area contributed by atoms with Crippen molar-refractivity contribution in [3.05, 3.63) is 0 Å². The molecule has 0 aliphatic heterocycles. The van der Waals surface area contributed by atoms with E-state index in [1.54, 1.807) is 0 Å². The van der Waals surface area contributed by atoms with Gasteiger partial charge in [-0.3, -0.25) is 18.9 Å². The molecule has 0 saturated carbocycles. The molecule has 0 rings (SSSR count). The highest BCUT2D eigenvalue weighted by Crippen LogP contribution is 2.32. The van der Waals surface area contributed by atoms with Gasteiger partial charge in [0.1, 0.15) is 0 Å². The lowest BCUT2D eigenvalue weighted by molar-refractivity contribution is -0.571. The Labute approximate surface area is 130 Å². The van der Waals surface area contributed by atoms with Gasteiger partial charge in [0.2, 0.25) is 0 Å². The zero-order valence-electron chi connectivity index (χ0n) is 11.3. The van der Waals surface area contributed by atoms with E-state index >= 15 is 0 Å². The van der Waals surface area contributed by atoms with Crippen molar-refractivity contribution in [3.63, 3.8) is 0 Å². The predicted octanol–water partition coefficient (Wildman–Crippen LogP) is 3.91. The van der Waals surface area contributed by atoms with E-state index in [0.717, 1.165) is 0 Å². The summed E-state index contributed by atoms with van der Waals surface area (Å²) in [6.07, 6.45) is -38.5. The summed E-state index contributed by atoms with van der Waals surface area (Å²) in [5.41, 5.74) is 0. The van der Waals surface area contributed by atoms with Crippen molar-refractivity contribution in [1.29, 1.82) is 0 Å². The molecule has 0 fully saturated rings. The molecule has 4 atom stereocenters. The molecule has 0 N–H and O–H groups in total. The van der Waals surface area contributed by atoms with Crippen molar-refractivity contribution in [1.82, 2.24) is 0 Å². The monoisotopic (exact) mass is 408 g/mol. The first kappa shape index (κ1) is 24.0. The van der Waals surface area contributed by atoms with Crippen molar-refractivity contribution < 1.29 is 71.6 Å². The van der Waals surface area contributed by atoms with Gasteiger partial charge < -0.3 is 0 Å². The molecular weight excluding hydrogens is 400 g/mol. The molecule has 25 heavy (non-hydrogen) atoms. The van der Waals surface area contributed by atoms with E-state index in [9.17, 15) is 52.7 Å². The predicted molar refractivity (Wildman–Crippen MR) is 50.7 cm³/mol. The van der Waals surface area contributed by atoms with E-state index in [-0.39, 0.29) is 0 Å². The van der Waals surface area contributed by atoms with Gasteiger partial charge in [0.25, 0.3) is 51.1 Å². The normalized spacial score (nSPS) is 20.2. The van der Waals surface area contributed by atoms with Gasteiger partial charge >= 0.3 is 6.16 Å². The van der Waals surface area contributed by atoms with Crippen LogP contribution >= 0.6 is 0 Å². The minimum atomic E-state index is -4.91. The van der Waals surface area contributed by atoms with Crippen LogP contribution in [-0.2, 0) is 18.9 Å². The van der Waals surface area contributed by atoms with Crippen LogP contribution in [0.1, 0.15) is 0 Å². The molecule has 16 heteroatoms. The van der Waals surface area contributed by atoms with Crippen molar-refractivity contribution >= 4 is 0 Å². The maximum atomic E-state index is 12.8. The Morgan fingerprint density at radius 3 is 0.640 bits per heavy atom. The zero-order chi connectivity index (χ0) is 19.9. The molecule has 0 heterocycles. The number of hydrogen-bond acceptors (Lipinski definition) is 4. The Bertz CT molecular complexity index is 303. The van der Waals surface area contributed by atoms with E-state index < -0.39 is 57.3 Å². The molecule has 4 nitrogen and oxygen atoms in total. The average molecular weight is 408 g/mol. The molecule has 0 aromatic heterocycles. The summed E-state index contributed by atoms with van der Waals surface area (Å²) < 4.78 is 160. The molecule has 0 radical (unpaired) electrons. The van der Waals surface area contributed by atoms with Gasteiger partial charge in [-0.05, 0) is 0 Å². The summed E-state index contributed by atoms with van der Waals surface area (Å²) in [6.45, 7) is 0. The minimum Gasteiger partial charge on any atom is -0.262 e. The maximum absolute atomic E-state index is 12.8. The van der Waals surface area contributed by atoms with Gasteiger partial charge in [-0.15, -0.1) is 0 Å². The number of rotatable bonds is 12. The minimum absolute atomic E-state index is 3.16. The van der Waals surface area contributed by atoms with Crippen LogP contribution in [0.15, 0.2) is 0 Å². The summed E-state index contributed by atoms with van der Waals surface area (Å²) >= 11 is 0. The van der Waals surface area contributed by atoms with Gasteiger partial charge in [-0.1, -0.05) is 0 Å². The second-order valence-corrected chi connectivity index (χ2v) is 3.71. The Hall–Kier alpha value is -1.00. The fraction of sp³-hybridized carbons (Fsp3) is 1.00. The van der Waals surface area contributed by atoms with Crippen LogP contribution < -0.4 is 0 Å². The van der Waals surface area contributed by atoms with Crippen LogP contribution in [0.25, 0.3) is 0 Å². The summed E-state index contributed by atoms with van der Waals surface area (Å²) in [6, 6.07) is 0. The molecule has 152 valence electrons. The second-order valence-electron chi connectivity index (χ2n) is 3.71. The van der Waals surface area contributed by atoms with Gasteiger partial charge in [0.05, 0.1) is 0 Å². The van der Waals surface area contributed by atoms with Crippen molar-refractivity contribution in [2.45, 2.75) is 57.3 Å². The van der Waals surface area contributed by atoms with Crippen LogP contribution in [0.4, 0.5) is 52.7 Å². The molecule has 0 amide bonds. The summed E-state index contributed by atoms with van der Waals surface area (Å²) in [5.74, 6) is 0. The average Bonchev–Trinajstić information content (AvgIpc) is 2.46. The highest BCUT2D eigenvalue weighted by Gasteiger charge is 2.52. The first-order chi connectivity index (χ1) is 11.3. The SMILES string of the molecule is FC(F)C(F)OC(OC(F)C(F)F)(OC(F)C(F)F)OC(F)C(F)F. The quantitative estimate of drug-likeness (QED) is 0.363. The lowest BCUT2D eigenvalue weighted by Gasteiger charge is -2.35. The third-order valence-electron chi connectivity index (χ3n) is 1.82. The Balaban J connectivity index is 5.72. The third-order valence-corrected chi connectivity index (χ3v) is 1.82. The van der Waals surface area contributed by atoms with Crippen LogP contribution in [0.5, 0.6) is 0 Å². The van der Waals surface area contributed by atoms with Gasteiger partial charge in [0, 0.05) is 0 Å². The smallest absolute Gasteiger partial charge is 0.262 e. The van der Waals surface area contributed by atoms with E-state index in [0.29, 0.717) is 0 Å². The Morgan fingerprint density at radius 1 is 0.360 bits per heavy atom. The van der Waals surface area contributed by atoms with Crippen molar-refractivity contribution in [2.24, 2.45) is 0 Å². The van der Waals surface area contributed by atoms with Gasteiger partial charge in [-0.25, -0.2) is 52.7 Å². The van der Waals surface area contributed by atoms with Crippen LogP contribution in [0, 0.1) is 0 Å². The zero-order valence-corrected chi connectivity index (χ0v) is 11.3. The van der Waals surface area contributed by atoms with Gasteiger partial charge in [-0.2, -0.15) is 0 Å². The molecule has 4 unspecified atom stereocenters. The fourth-order valence-corrected chi connectivity index (χ4v) is 0.924. The van der Waals surface area contributed by atoms with E-state index in [4.69, 9.17) is 0 Å². The maximum Gasteiger partial charge on any atom is 0.423 e. The Morgan fingerprint density at radius 2 is 0.520 bits per heavy atom. The first-order valence-electron chi connectivity index (χ1n) is 5.71. The highest BCUT2D eigenvalue weighted by atomic mass is 19.3. The topological polar surface area (TPSA) is 36.9 Å². The second kappa shape index (κ2) is 10.2. The molecule has 0 aromatic carbocycles. The number of halogens is 12. The number of hydrogen-bond donors (Lipinski definition) is 0. The first-order valence-corrected chi connectivity index (χ1v) is 5.71. The van der Waals surface area contributed by atoms with Gasteiger partial charge in [0.15, 0.2) is 0 Å². The van der Waals surface area contributed by atoms with Crippen LogP contribution in [0.2, 0.25) is 0 Å². The summed E-state index contributed by atoms with van der Waals surface area (Å²) in [4.78, 5) is 0. The fourth-order valence-electron chi connectivity index (χ4n) is 0.924. The van der Waals surface area contributed by atoms with E-state index in [1.165, 1.54) is 0 Å². The molecule has 0 aliphatic carbocycles. The number of alkyl halides is 12. The lowest BCUT2D eigenvalue weighted by Crippen LogP contribution is -2.52. The highest BCUT2D eigenvalue weighted by molar-refractivity contribution is 4.59. The third kappa shape index (κ3) is 8.28. The standard InChI is InChI=1S/C9H8F12O4/c10-1(11)5(18)22-9(23-6(19)2(12)13,24-7(20)3(14)15)25-8(21)4(16)17/h1-8H.